The lowest BCUT2D eigenvalue weighted by Crippen LogP contribution is -2.46. The van der Waals surface area contributed by atoms with Gasteiger partial charge in [-0.15, -0.1) is 0 Å². The molecule has 0 spiro atoms. The van der Waals surface area contributed by atoms with Crippen molar-refractivity contribution in [2.45, 2.75) is 13.5 Å². The molecule has 5 nitrogen and oxygen atoms in total. The summed E-state index contributed by atoms with van der Waals surface area (Å²) in [5.41, 5.74) is 3.30. The minimum Gasteiger partial charge on any atom is -0.507 e. The van der Waals surface area contributed by atoms with Crippen molar-refractivity contribution in [3.05, 3.63) is 94.2 Å². The van der Waals surface area contributed by atoms with Crippen molar-refractivity contribution in [2.24, 2.45) is 0 Å². The Kier molecular flexibility index (Phi) is 5.79. The summed E-state index contributed by atoms with van der Waals surface area (Å²) in [6, 6.07) is 13.9. The van der Waals surface area contributed by atoms with Crippen LogP contribution in [0, 0.1) is 18.6 Å². The van der Waals surface area contributed by atoms with E-state index in [4.69, 9.17) is 4.74 Å². The number of rotatable bonds is 4. The zero-order valence-corrected chi connectivity index (χ0v) is 18.7. The molecule has 0 amide bonds. The van der Waals surface area contributed by atoms with Crippen molar-refractivity contribution in [3.8, 4) is 11.5 Å². The number of hydrogen-bond donors (Lipinski definition) is 1. The summed E-state index contributed by atoms with van der Waals surface area (Å²) < 4.78 is 32.4. The molecule has 1 N–H and O–H groups in total. The molecule has 1 fully saturated rings. The predicted octanol–water partition coefficient (Wildman–Crippen LogP) is 4.92. The van der Waals surface area contributed by atoms with Gasteiger partial charge in [-0.25, -0.2) is 8.78 Å². The summed E-state index contributed by atoms with van der Waals surface area (Å²) in [7, 11) is 0. The minimum atomic E-state index is -0.355. The Hall–Kier alpha value is -3.71. The van der Waals surface area contributed by atoms with Crippen LogP contribution in [-0.4, -0.2) is 42.0 Å². The molecule has 2 aliphatic rings. The van der Waals surface area contributed by atoms with E-state index in [1.54, 1.807) is 43.3 Å². The number of halogens is 2. The maximum absolute atomic E-state index is 13.2. The Balaban J connectivity index is 1.35. The van der Waals surface area contributed by atoms with E-state index in [9.17, 15) is 18.7 Å². The first-order chi connectivity index (χ1) is 16.4. The first kappa shape index (κ1) is 22.1. The summed E-state index contributed by atoms with van der Waals surface area (Å²) in [5, 5.41) is 10.7. The van der Waals surface area contributed by atoms with Crippen molar-refractivity contribution in [3.63, 3.8) is 0 Å². The molecule has 3 aromatic rings. The molecule has 34 heavy (non-hydrogen) atoms. The molecule has 2 aliphatic heterocycles. The van der Waals surface area contributed by atoms with E-state index < -0.39 is 0 Å². The number of benzene rings is 3. The van der Waals surface area contributed by atoms with Gasteiger partial charge in [-0.2, -0.15) is 0 Å². The van der Waals surface area contributed by atoms with Gasteiger partial charge in [0.05, 0.1) is 11.1 Å². The number of fused-ring (bicyclic) bond motifs is 1. The van der Waals surface area contributed by atoms with Crippen LogP contribution in [0.2, 0.25) is 0 Å². The molecule has 3 aromatic carbocycles. The molecular formula is C27H24F2N2O3. The fourth-order valence-electron chi connectivity index (χ4n) is 4.48. The second kappa shape index (κ2) is 8.91. The van der Waals surface area contributed by atoms with Gasteiger partial charge >= 0.3 is 0 Å². The van der Waals surface area contributed by atoms with E-state index in [-0.39, 0.29) is 28.9 Å². The summed E-state index contributed by atoms with van der Waals surface area (Å²) >= 11 is 0. The van der Waals surface area contributed by atoms with Gasteiger partial charge in [0.25, 0.3) is 0 Å². The van der Waals surface area contributed by atoms with Crippen molar-refractivity contribution in [2.75, 3.05) is 31.1 Å². The fourth-order valence-corrected chi connectivity index (χ4v) is 4.48. The van der Waals surface area contributed by atoms with E-state index in [2.05, 4.69) is 9.80 Å². The molecule has 2 heterocycles. The van der Waals surface area contributed by atoms with Crippen LogP contribution in [0.25, 0.3) is 6.08 Å². The standard InChI is InChI=1S/C27H24F2N2O3/c1-17-14-23(32)22(16-30-10-12-31(13-11-30)21-8-6-20(29)7-9-21)27-25(17)26(33)24(34-27)15-18-2-4-19(28)5-3-18/h2-9,14-15,32H,10-13,16H2,1H3/b24-15-. The van der Waals surface area contributed by atoms with E-state index in [1.165, 1.54) is 24.3 Å². The molecule has 0 aliphatic carbocycles. The maximum Gasteiger partial charge on any atom is 0.232 e. The summed E-state index contributed by atoms with van der Waals surface area (Å²) in [6.45, 7) is 5.21. The average Bonchev–Trinajstić information content (AvgIpc) is 3.15. The molecule has 0 bridgehead atoms. The number of aromatic hydroxyl groups is 1. The molecule has 0 radical (unpaired) electrons. The van der Waals surface area contributed by atoms with Gasteiger partial charge in [-0.05, 0) is 66.6 Å². The number of hydrogen-bond acceptors (Lipinski definition) is 5. The average molecular weight is 462 g/mol. The van der Waals surface area contributed by atoms with Crippen LogP contribution in [-0.2, 0) is 6.54 Å². The summed E-state index contributed by atoms with van der Waals surface area (Å²) in [4.78, 5) is 17.5. The van der Waals surface area contributed by atoms with Crippen LogP contribution in [0.1, 0.15) is 27.0 Å². The van der Waals surface area contributed by atoms with Gasteiger partial charge in [-0.1, -0.05) is 12.1 Å². The van der Waals surface area contributed by atoms with Crippen LogP contribution < -0.4 is 9.64 Å². The van der Waals surface area contributed by atoms with E-state index in [0.29, 0.717) is 34.5 Å². The number of anilines is 1. The quantitative estimate of drug-likeness (QED) is 0.558. The maximum atomic E-state index is 13.2. The Morgan fingerprint density at radius 2 is 1.59 bits per heavy atom. The largest absolute Gasteiger partial charge is 0.507 e. The Labute approximate surface area is 196 Å². The minimum absolute atomic E-state index is 0.0908. The van der Waals surface area contributed by atoms with Crippen LogP contribution in [0.5, 0.6) is 11.5 Å². The molecule has 174 valence electrons. The molecule has 5 rings (SSSR count). The topological polar surface area (TPSA) is 53.0 Å². The fraction of sp³-hybridized carbons (Fsp3) is 0.222. The monoisotopic (exact) mass is 462 g/mol. The van der Waals surface area contributed by atoms with Crippen molar-refractivity contribution < 1.29 is 23.4 Å². The lowest BCUT2D eigenvalue weighted by atomic mass is 9.99. The highest BCUT2D eigenvalue weighted by atomic mass is 19.1. The van der Waals surface area contributed by atoms with Crippen molar-refractivity contribution in [1.82, 2.24) is 4.90 Å². The van der Waals surface area contributed by atoms with Crippen LogP contribution in [0.3, 0.4) is 0 Å². The molecule has 0 unspecified atom stereocenters. The SMILES string of the molecule is Cc1cc(O)c(CN2CCN(c3ccc(F)cc3)CC2)c2c1C(=O)/C(=C/c1ccc(F)cc1)O2. The van der Waals surface area contributed by atoms with Crippen molar-refractivity contribution in [1.29, 1.82) is 0 Å². The number of ether oxygens (including phenoxy) is 1. The third kappa shape index (κ3) is 4.26. The smallest absolute Gasteiger partial charge is 0.232 e. The molecule has 0 saturated carbocycles. The number of nitrogens with zero attached hydrogens (tertiary/aromatic N) is 2. The summed E-state index contributed by atoms with van der Waals surface area (Å²) in [5.74, 6) is -0.234. The van der Waals surface area contributed by atoms with E-state index in [1.807, 2.05) is 0 Å². The number of aryl methyl sites for hydroxylation is 1. The van der Waals surface area contributed by atoms with E-state index in [0.717, 1.165) is 31.9 Å². The Morgan fingerprint density at radius 3 is 2.24 bits per heavy atom. The van der Waals surface area contributed by atoms with Gasteiger partial charge in [0.2, 0.25) is 5.78 Å². The van der Waals surface area contributed by atoms with Gasteiger partial charge in [0.1, 0.15) is 23.1 Å². The molecule has 0 atom stereocenters. The number of phenolic OH excluding ortho intramolecular Hbond substituents is 1. The molecular weight excluding hydrogens is 438 g/mol. The third-order valence-electron chi connectivity index (χ3n) is 6.33. The number of Topliss-reactive ketones (excluding diaryl/α,β-unsaturated/α-hetero) is 1. The van der Waals surface area contributed by atoms with Gasteiger partial charge in [-0.3, -0.25) is 9.69 Å². The molecule has 1 saturated heterocycles. The molecule has 0 aromatic heterocycles. The third-order valence-corrected chi connectivity index (χ3v) is 6.33. The Bertz CT molecular complexity index is 1260. The van der Waals surface area contributed by atoms with Crippen LogP contribution in [0.15, 0.2) is 60.4 Å². The second-order valence-corrected chi connectivity index (χ2v) is 8.63. The van der Waals surface area contributed by atoms with Crippen LogP contribution >= 0.6 is 0 Å². The molecule has 7 heteroatoms. The predicted molar refractivity (Wildman–Crippen MR) is 126 cm³/mol. The zero-order valence-electron chi connectivity index (χ0n) is 18.7. The highest BCUT2D eigenvalue weighted by Crippen LogP contribution is 2.42. The number of carbonyl (C=O) groups excluding carboxylic acids is 1. The summed E-state index contributed by atoms with van der Waals surface area (Å²) in [6.07, 6.45) is 1.59. The second-order valence-electron chi connectivity index (χ2n) is 8.63. The van der Waals surface area contributed by atoms with Gasteiger partial charge in [0.15, 0.2) is 5.76 Å². The zero-order chi connectivity index (χ0) is 23.8. The lowest BCUT2D eigenvalue weighted by Gasteiger charge is -2.36. The first-order valence-corrected chi connectivity index (χ1v) is 11.2. The number of carbonyl (C=O) groups is 1. The van der Waals surface area contributed by atoms with Gasteiger partial charge in [0, 0.05) is 38.4 Å². The normalized spacial score (nSPS) is 17.2. The lowest BCUT2D eigenvalue weighted by molar-refractivity contribution is 0.101. The highest BCUT2D eigenvalue weighted by Gasteiger charge is 2.34. The number of phenols is 1. The van der Waals surface area contributed by atoms with E-state index >= 15 is 0 Å². The number of piperazine rings is 1. The highest BCUT2D eigenvalue weighted by molar-refractivity contribution is 6.15. The van der Waals surface area contributed by atoms with Crippen molar-refractivity contribution >= 4 is 17.5 Å². The first-order valence-electron chi connectivity index (χ1n) is 11.2. The van der Waals surface area contributed by atoms with Gasteiger partial charge < -0.3 is 14.7 Å². The Morgan fingerprint density at radius 1 is 0.971 bits per heavy atom. The number of ketones is 1. The number of allylic oxidation sites excluding steroid dienone is 1. The van der Waals surface area contributed by atoms with Crippen LogP contribution in [0.4, 0.5) is 14.5 Å².